The third-order valence-corrected chi connectivity index (χ3v) is 5.05. The molecule has 1 aliphatic heterocycles. The Balaban J connectivity index is 1.56. The smallest absolute Gasteiger partial charge is 0.337 e. The zero-order chi connectivity index (χ0) is 20.8. The van der Waals surface area contributed by atoms with Crippen molar-refractivity contribution in [1.29, 1.82) is 0 Å². The number of halogens is 1. The number of para-hydroxylation sites is 2. The second kappa shape index (κ2) is 9.65. The highest BCUT2D eigenvalue weighted by Gasteiger charge is 2.25. The van der Waals surface area contributed by atoms with Crippen LogP contribution >= 0.6 is 15.9 Å². The number of hydrogen-bond acceptors (Lipinski definition) is 6. The summed E-state index contributed by atoms with van der Waals surface area (Å²) in [6, 6.07) is 12.3. The van der Waals surface area contributed by atoms with Crippen LogP contribution in [0.15, 0.2) is 46.9 Å². The molecule has 0 aliphatic carbocycles. The van der Waals surface area contributed by atoms with Gasteiger partial charge in [0.1, 0.15) is 12.4 Å². The standard InChI is InChI=1S/C21H22BrNO6/c1-3-23(11-15-12-27-18-6-4-5-7-19(18)29-15)20(24)13-28-17-9-8-14(10-16(17)22)21(25)26-2/h4-10,15H,3,11-13H2,1-2H3. The van der Waals surface area contributed by atoms with Crippen LogP contribution in [-0.2, 0) is 9.53 Å². The van der Waals surface area contributed by atoms with Crippen LogP contribution < -0.4 is 14.2 Å². The van der Waals surface area contributed by atoms with Gasteiger partial charge in [0.15, 0.2) is 24.2 Å². The highest BCUT2D eigenvalue weighted by molar-refractivity contribution is 9.10. The number of carbonyl (C=O) groups excluding carboxylic acids is 2. The number of nitrogens with zero attached hydrogens (tertiary/aromatic N) is 1. The average molecular weight is 464 g/mol. The van der Waals surface area contributed by atoms with Gasteiger partial charge in [-0.3, -0.25) is 4.79 Å². The summed E-state index contributed by atoms with van der Waals surface area (Å²) in [5.74, 6) is 1.24. The van der Waals surface area contributed by atoms with Gasteiger partial charge >= 0.3 is 5.97 Å². The minimum Gasteiger partial charge on any atom is -0.486 e. The Morgan fingerprint density at radius 2 is 1.97 bits per heavy atom. The SMILES string of the molecule is CCN(CC1COc2ccccc2O1)C(=O)COc1ccc(C(=O)OC)cc1Br. The topological polar surface area (TPSA) is 74.3 Å². The highest BCUT2D eigenvalue weighted by Crippen LogP contribution is 2.31. The van der Waals surface area contributed by atoms with E-state index < -0.39 is 5.97 Å². The maximum atomic E-state index is 12.6. The van der Waals surface area contributed by atoms with Crippen molar-refractivity contribution in [2.45, 2.75) is 13.0 Å². The fourth-order valence-electron chi connectivity index (χ4n) is 2.90. The molecule has 2 aromatic rings. The van der Waals surface area contributed by atoms with E-state index in [0.717, 1.165) is 0 Å². The molecule has 0 spiro atoms. The molecule has 1 aliphatic rings. The molecule has 2 aromatic carbocycles. The summed E-state index contributed by atoms with van der Waals surface area (Å²) in [6.45, 7) is 3.06. The number of hydrogen-bond donors (Lipinski definition) is 0. The van der Waals surface area contributed by atoms with E-state index in [-0.39, 0.29) is 18.6 Å². The molecule has 29 heavy (non-hydrogen) atoms. The van der Waals surface area contributed by atoms with Crippen molar-refractivity contribution in [3.63, 3.8) is 0 Å². The van der Waals surface area contributed by atoms with Gasteiger partial charge in [-0.1, -0.05) is 12.1 Å². The molecule has 1 heterocycles. The minimum absolute atomic E-state index is 0.131. The predicted octanol–water partition coefficient (Wildman–Crippen LogP) is 3.30. The van der Waals surface area contributed by atoms with Gasteiger partial charge in [-0.15, -0.1) is 0 Å². The molecule has 1 unspecified atom stereocenters. The van der Waals surface area contributed by atoms with Crippen LogP contribution in [0.2, 0.25) is 0 Å². The number of carbonyl (C=O) groups is 2. The maximum absolute atomic E-state index is 12.6. The van der Waals surface area contributed by atoms with E-state index >= 15 is 0 Å². The molecular weight excluding hydrogens is 442 g/mol. The first kappa shape index (κ1) is 21.0. The largest absolute Gasteiger partial charge is 0.486 e. The fourth-order valence-corrected chi connectivity index (χ4v) is 3.39. The van der Waals surface area contributed by atoms with Crippen LogP contribution in [0.25, 0.3) is 0 Å². The number of likely N-dealkylation sites (N-methyl/N-ethyl adjacent to an activating group) is 1. The maximum Gasteiger partial charge on any atom is 0.337 e. The van der Waals surface area contributed by atoms with E-state index in [1.807, 2.05) is 31.2 Å². The summed E-state index contributed by atoms with van der Waals surface area (Å²) >= 11 is 3.35. The van der Waals surface area contributed by atoms with Crippen LogP contribution in [-0.4, -0.2) is 56.3 Å². The molecule has 1 amide bonds. The Kier molecular flexibility index (Phi) is 6.98. The van der Waals surface area contributed by atoms with E-state index in [2.05, 4.69) is 20.7 Å². The molecule has 154 valence electrons. The second-order valence-electron chi connectivity index (χ2n) is 6.36. The monoisotopic (exact) mass is 463 g/mol. The Morgan fingerprint density at radius 1 is 1.21 bits per heavy atom. The molecule has 7 nitrogen and oxygen atoms in total. The normalized spacial score (nSPS) is 14.8. The van der Waals surface area contributed by atoms with Crippen molar-refractivity contribution < 1.29 is 28.5 Å². The molecule has 0 N–H and O–H groups in total. The number of rotatable bonds is 7. The Morgan fingerprint density at radius 3 is 2.66 bits per heavy atom. The number of fused-ring (bicyclic) bond motifs is 1. The molecule has 0 radical (unpaired) electrons. The van der Waals surface area contributed by atoms with Crippen LogP contribution in [0.4, 0.5) is 0 Å². The summed E-state index contributed by atoms with van der Waals surface area (Å²) in [6.07, 6.45) is -0.250. The van der Waals surface area contributed by atoms with Gasteiger partial charge in [0.25, 0.3) is 5.91 Å². The van der Waals surface area contributed by atoms with Gasteiger partial charge in [-0.25, -0.2) is 4.79 Å². The van der Waals surface area contributed by atoms with E-state index in [1.165, 1.54) is 7.11 Å². The lowest BCUT2D eigenvalue weighted by atomic mass is 10.2. The number of benzene rings is 2. The fraction of sp³-hybridized carbons (Fsp3) is 0.333. The van der Waals surface area contributed by atoms with Crippen molar-refractivity contribution in [3.8, 4) is 17.2 Å². The molecule has 0 fully saturated rings. The molecule has 0 saturated heterocycles. The Hall–Kier alpha value is -2.74. The number of esters is 1. The molecule has 8 heteroatoms. The average Bonchev–Trinajstić information content (AvgIpc) is 2.75. The highest BCUT2D eigenvalue weighted by atomic mass is 79.9. The molecule has 0 bridgehead atoms. The van der Waals surface area contributed by atoms with Gasteiger partial charge in [-0.05, 0) is 53.2 Å². The summed E-state index contributed by atoms with van der Waals surface area (Å²) in [7, 11) is 1.32. The number of ether oxygens (including phenoxy) is 4. The third-order valence-electron chi connectivity index (χ3n) is 4.43. The first-order valence-corrected chi connectivity index (χ1v) is 9.98. The quantitative estimate of drug-likeness (QED) is 0.586. The zero-order valence-electron chi connectivity index (χ0n) is 16.2. The lowest BCUT2D eigenvalue weighted by molar-refractivity contribution is -0.134. The first-order valence-electron chi connectivity index (χ1n) is 9.18. The van der Waals surface area contributed by atoms with Crippen molar-refractivity contribution >= 4 is 27.8 Å². The van der Waals surface area contributed by atoms with Crippen molar-refractivity contribution in [2.24, 2.45) is 0 Å². The van der Waals surface area contributed by atoms with Gasteiger partial charge in [0, 0.05) is 6.54 Å². The lowest BCUT2D eigenvalue weighted by Gasteiger charge is -2.30. The molecule has 0 aromatic heterocycles. The zero-order valence-corrected chi connectivity index (χ0v) is 17.8. The minimum atomic E-state index is -0.443. The van der Waals surface area contributed by atoms with Crippen molar-refractivity contribution in [1.82, 2.24) is 4.90 Å². The lowest BCUT2D eigenvalue weighted by Crippen LogP contribution is -2.45. The summed E-state index contributed by atoms with van der Waals surface area (Å²) in [5, 5.41) is 0. The summed E-state index contributed by atoms with van der Waals surface area (Å²) in [4.78, 5) is 25.9. The van der Waals surface area contributed by atoms with Crippen LogP contribution in [0.3, 0.4) is 0 Å². The third kappa shape index (κ3) is 5.20. The molecular formula is C21H22BrNO6. The van der Waals surface area contributed by atoms with Gasteiger partial charge in [0.2, 0.25) is 0 Å². The number of methoxy groups -OCH3 is 1. The van der Waals surface area contributed by atoms with Gasteiger partial charge < -0.3 is 23.8 Å². The number of amides is 1. The van der Waals surface area contributed by atoms with E-state index in [1.54, 1.807) is 23.1 Å². The summed E-state index contributed by atoms with van der Waals surface area (Å²) < 4.78 is 22.5. The van der Waals surface area contributed by atoms with E-state index in [4.69, 9.17) is 14.2 Å². The molecule has 3 rings (SSSR count). The van der Waals surface area contributed by atoms with E-state index in [9.17, 15) is 9.59 Å². The van der Waals surface area contributed by atoms with Gasteiger partial charge in [-0.2, -0.15) is 0 Å². The van der Waals surface area contributed by atoms with Crippen molar-refractivity contribution in [3.05, 3.63) is 52.5 Å². The molecule has 1 atom stereocenters. The predicted molar refractivity (Wildman–Crippen MR) is 110 cm³/mol. The second-order valence-corrected chi connectivity index (χ2v) is 7.21. The Labute approximate surface area is 177 Å². The Bertz CT molecular complexity index is 887. The first-order chi connectivity index (χ1) is 14.0. The summed E-state index contributed by atoms with van der Waals surface area (Å²) in [5.41, 5.74) is 0.392. The van der Waals surface area contributed by atoms with E-state index in [0.29, 0.717) is 47.0 Å². The van der Waals surface area contributed by atoms with Gasteiger partial charge in [0.05, 0.1) is 23.7 Å². The van der Waals surface area contributed by atoms with Crippen molar-refractivity contribution in [2.75, 3.05) is 33.4 Å². The van der Waals surface area contributed by atoms with Crippen LogP contribution in [0, 0.1) is 0 Å². The van der Waals surface area contributed by atoms with Crippen LogP contribution in [0.1, 0.15) is 17.3 Å². The molecule has 0 saturated carbocycles. The van der Waals surface area contributed by atoms with Crippen LogP contribution in [0.5, 0.6) is 17.2 Å².